The number of carbonyl (C=O) groups is 2. The summed E-state index contributed by atoms with van der Waals surface area (Å²) in [5, 5.41) is 7.34. The minimum atomic E-state index is -1.20. The Labute approximate surface area is 229 Å². The van der Waals surface area contributed by atoms with Gasteiger partial charge in [0.2, 0.25) is 5.91 Å². The van der Waals surface area contributed by atoms with Crippen molar-refractivity contribution in [3.05, 3.63) is 95.9 Å². The van der Waals surface area contributed by atoms with Crippen LogP contribution < -0.4 is 15.4 Å². The molecule has 0 spiro atoms. The van der Waals surface area contributed by atoms with Gasteiger partial charge in [-0.05, 0) is 61.7 Å². The van der Waals surface area contributed by atoms with Crippen molar-refractivity contribution in [3.8, 4) is 5.75 Å². The summed E-state index contributed by atoms with van der Waals surface area (Å²) in [6.45, 7) is 2.28. The van der Waals surface area contributed by atoms with Crippen LogP contribution in [0, 0.1) is 0 Å². The molecule has 202 valence electrons. The second-order valence-electron chi connectivity index (χ2n) is 10.8. The molecule has 0 saturated heterocycles. The first-order valence-corrected chi connectivity index (χ1v) is 13.6. The summed E-state index contributed by atoms with van der Waals surface area (Å²) in [5.74, 6) is 0.0356. The lowest BCUT2D eigenvalue weighted by molar-refractivity contribution is -0.127. The molecule has 0 unspecified atom stereocenters. The molecule has 0 radical (unpaired) electrons. The number of aromatic nitrogens is 2. The number of amides is 2. The normalized spacial score (nSPS) is 16.3. The van der Waals surface area contributed by atoms with E-state index in [-0.39, 0.29) is 17.2 Å². The number of fused-ring (bicyclic) bond motifs is 1. The van der Waals surface area contributed by atoms with Crippen LogP contribution in [0.25, 0.3) is 10.9 Å². The highest BCUT2D eigenvalue weighted by Gasteiger charge is 2.40. The van der Waals surface area contributed by atoms with Crippen molar-refractivity contribution in [2.45, 2.75) is 56.4 Å². The molecule has 1 fully saturated rings. The number of pyridine rings is 1. The average Bonchev–Trinajstić information content (AvgIpc) is 3.39. The lowest BCUT2D eigenvalue weighted by atomic mass is 9.71. The van der Waals surface area contributed by atoms with Gasteiger partial charge in [0.1, 0.15) is 11.3 Å². The first-order valence-electron chi connectivity index (χ1n) is 13.6. The molecule has 0 bridgehead atoms. The van der Waals surface area contributed by atoms with E-state index >= 15 is 0 Å². The zero-order valence-electron chi connectivity index (χ0n) is 22.6. The summed E-state index contributed by atoms with van der Waals surface area (Å²) in [6.07, 6.45) is 9.41. The van der Waals surface area contributed by atoms with Crippen molar-refractivity contribution in [1.82, 2.24) is 20.6 Å². The van der Waals surface area contributed by atoms with Gasteiger partial charge in [-0.1, -0.05) is 49.6 Å². The van der Waals surface area contributed by atoms with E-state index in [9.17, 15) is 9.59 Å². The second-order valence-corrected chi connectivity index (χ2v) is 10.8. The Morgan fingerprint density at radius 3 is 2.59 bits per heavy atom. The standard InChI is InChI=1S/C32H36N4O3/c1-31(20-24-21-34-27-14-5-4-13-26(24)27,36-29(37)23-11-10-12-25(19-23)39-2)30(38)35-22-32(16-7-3-8-17-32)28-15-6-9-18-33-28/h4-6,9-15,18-19,21,34H,3,7-8,16-17,20,22H2,1-2H3,(H,35,38)(H,36,37)/t31-/m0/s1. The summed E-state index contributed by atoms with van der Waals surface area (Å²) < 4.78 is 5.31. The summed E-state index contributed by atoms with van der Waals surface area (Å²) in [5.41, 5.74) is 1.99. The van der Waals surface area contributed by atoms with Gasteiger partial charge in [-0.3, -0.25) is 14.6 Å². The number of nitrogens with zero attached hydrogens (tertiary/aromatic N) is 1. The molecular weight excluding hydrogens is 488 g/mol. The Hall–Kier alpha value is -4.13. The number of ether oxygens (including phenoxy) is 1. The molecular formula is C32H36N4O3. The van der Waals surface area contributed by atoms with Gasteiger partial charge in [0.05, 0.1) is 7.11 Å². The Morgan fingerprint density at radius 2 is 1.82 bits per heavy atom. The van der Waals surface area contributed by atoms with Crippen LogP contribution in [0.4, 0.5) is 0 Å². The highest BCUT2D eigenvalue weighted by atomic mass is 16.5. The van der Waals surface area contributed by atoms with E-state index in [1.165, 1.54) is 6.42 Å². The Morgan fingerprint density at radius 1 is 1.03 bits per heavy atom. The molecule has 1 aliphatic carbocycles. The van der Waals surface area contributed by atoms with Crippen molar-refractivity contribution >= 4 is 22.7 Å². The molecule has 3 N–H and O–H groups in total. The number of benzene rings is 2. The topological polar surface area (TPSA) is 96.1 Å². The molecule has 7 nitrogen and oxygen atoms in total. The monoisotopic (exact) mass is 524 g/mol. The van der Waals surface area contributed by atoms with E-state index in [1.807, 2.05) is 48.8 Å². The van der Waals surface area contributed by atoms with Crippen LogP contribution in [0.5, 0.6) is 5.75 Å². The van der Waals surface area contributed by atoms with Gasteiger partial charge in [-0.2, -0.15) is 0 Å². The van der Waals surface area contributed by atoms with E-state index in [1.54, 1.807) is 38.3 Å². The van der Waals surface area contributed by atoms with Gasteiger partial charge in [0.15, 0.2) is 0 Å². The van der Waals surface area contributed by atoms with Crippen LogP contribution in [0.2, 0.25) is 0 Å². The van der Waals surface area contributed by atoms with Crippen molar-refractivity contribution < 1.29 is 14.3 Å². The Balaban J connectivity index is 1.43. The molecule has 2 aromatic carbocycles. The summed E-state index contributed by atoms with van der Waals surface area (Å²) >= 11 is 0. The van der Waals surface area contributed by atoms with Crippen LogP contribution in [-0.4, -0.2) is 41.0 Å². The maximum Gasteiger partial charge on any atom is 0.252 e. The maximum absolute atomic E-state index is 14.1. The minimum absolute atomic E-state index is 0.215. The lowest BCUT2D eigenvalue weighted by Gasteiger charge is -2.38. The zero-order valence-corrected chi connectivity index (χ0v) is 22.6. The van der Waals surface area contributed by atoms with E-state index < -0.39 is 5.54 Å². The quantitative estimate of drug-likeness (QED) is 0.276. The lowest BCUT2D eigenvalue weighted by Crippen LogP contribution is -2.59. The first kappa shape index (κ1) is 26.5. The van der Waals surface area contributed by atoms with E-state index in [2.05, 4.69) is 26.7 Å². The Kier molecular flexibility index (Phi) is 7.68. The van der Waals surface area contributed by atoms with Gasteiger partial charge < -0.3 is 20.4 Å². The van der Waals surface area contributed by atoms with E-state index in [4.69, 9.17) is 4.74 Å². The van der Waals surface area contributed by atoms with Crippen molar-refractivity contribution in [2.24, 2.45) is 0 Å². The maximum atomic E-state index is 14.1. The highest BCUT2D eigenvalue weighted by molar-refractivity contribution is 6.00. The Bertz CT molecular complexity index is 1440. The fourth-order valence-corrected chi connectivity index (χ4v) is 5.80. The minimum Gasteiger partial charge on any atom is -0.497 e. The molecule has 2 aromatic heterocycles. The number of carbonyl (C=O) groups excluding carboxylic acids is 2. The van der Waals surface area contributed by atoms with E-state index in [0.717, 1.165) is 47.8 Å². The van der Waals surface area contributed by atoms with Crippen molar-refractivity contribution in [2.75, 3.05) is 13.7 Å². The third kappa shape index (κ3) is 5.67. The molecule has 1 atom stereocenters. The molecule has 4 aromatic rings. The molecule has 1 aliphatic rings. The fourth-order valence-electron chi connectivity index (χ4n) is 5.80. The van der Waals surface area contributed by atoms with Crippen LogP contribution in [0.3, 0.4) is 0 Å². The van der Waals surface area contributed by atoms with Crippen molar-refractivity contribution in [3.63, 3.8) is 0 Å². The van der Waals surface area contributed by atoms with Gasteiger partial charge in [0.25, 0.3) is 5.91 Å². The number of rotatable bonds is 9. The number of hydrogen-bond acceptors (Lipinski definition) is 4. The number of aromatic amines is 1. The SMILES string of the molecule is COc1cccc(C(=O)N[C@@](C)(Cc2c[nH]c3ccccc23)C(=O)NCC2(c3ccccn3)CCCCC2)c1. The molecule has 2 heterocycles. The summed E-state index contributed by atoms with van der Waals surface area (Å²) in [7, 11) is 1.56. The average molecular weight is 525 g/mol. The smallest absolute Gasteiger partial charge is 0.252 e. The number of hydrogen-bond donors (Lipinski definition) is 3. The third-order valence-electron chi connectivity index (χ3n) is 8.05. The summed E-state index contributed by atoms with van der Waals surface area (Å²) in [4.78, 5) is 35.5. The number of methoxy groups -OCH3 is 1. The predicted octanol–water partition coefficient (Wildman–Crippen LogP) is 5.32. The number of nitrogens with one attached hydrogen (secondary N) is 3. The first-order chi connectivity index (χ1) is 18.9. The van der Waals surface area contributed by atoms with Gasteiger partial charge in [0, 0.05) is 52.9 Å². The third-order valence-corrected chi connectivity index (χ3v) is 8.05. The largest absolute Gasteiger partial charge is 0.497 e. The van der Waals surface area contributed by atoms with Gasteiger partial charge >= 0.3 is 0 Å². The number of para-hydroxylation sites is 1. The number of H-pyrrole nitrogens is 1. The highest BCUT2D eigenvalue weighted by Crippen LogP contribution is 2.38. The van der Waals surface area contributed by atoms with Crippen LogP contribution >= 0.6 is 0 Å². The van der Waals surface area contributed by atoms with Gasteiger partial charge in [-0.15, -0.1) is 0 Å². The molecule has 5 rings (SSSR count). The van der Waals surface area contributed by atoms with Gasteiger partial charge in [-0.25, -0.2) is 0 Å². The van der Waals surface area contributed by atoms with Crippen molar-refractivity contribution in [1.29, 1.82) is 0 Å². The summed E-state index contributed by atoms with van der Waals surface area (Å²) in [6, 6.07) is 20.9. The van der Waals surface area contributed by atoms with Crippen LogP contribution in [-0.2, 0) is 16.6 Å². The fraction of sp³-hybridized carbons (Fsp3) is 0.344. The molecule has 7 heteroatoms. The van der Waals surface area contributed by atoms with Crippen LogP contribution in [0.15, 0.2) is 79.1 Å². The zero-order chi connectivity index (χ0) is 27.3. The molecule has 2 amide bonds. The molecule has 0 aliphatic heterocycles. The van der Waals surface area contributed by atoms with E-state index in [0.29, 0.717) is 24.3 Å². The second kappa shape index (κ2) is 11.3. The van der Waals surface area contributed by atoms with Crippen LogP contribution in [0.1, 0.15) is 60.6 Å². The predicted molar refractivity (Wildman–Crippen MR) is 153 cm³/mol. The molecule has 1 saturated carbocycles. The molecule has 39 heavy (non-hydrogen) atoms.